The lowest BCUT2D eigenvalue weighted by Gasteiger charge is -2.19. The average molecular weight is 295 g/mol. The van der Waals surface area contributed by atoms with Crippen molar-refractivity contribution in [3.63, 3.8) is 0 Å². The van der Waals surface area contributed by atoms with Gasteiger partial charge < -0.3 is 4.90 Å². The van der Waals surface area contributed by atoms with Crippen molar-refractivity contribution in [3.05, 3.63) is 30.6 Å². The van der Waals surface area contributed by atoms with Gasteiger partial charge in [-0.2, -0.15) is 13.5 Å². The van der Waals surface area contributed by atoms with Gasteiger partial charge in [0.05, 0.1) is 18.1 Å². The molecular formula is C12H17N5O2S. The van der Waals surface area contributed by atoms with Gasteiger partial charge in [-0.1, -0.05) is 0 Å². The van der Waals surface area contributed by atoms with Crippen LogP contribution in [0.2, 0.25) is 0 Å². The number of aromatic amines is 1. The maximum absolute atomic E-state index is 12.0. The second-order valence-electron chi connectivity index (χ2n) is 4.10. The van der Waals surface area contributed by atoms with E-state index in [2.05, 4.69) is 24.8 Å². The summed E-state index contributed by atoms with van der Waals surface area (Å²) in [5, 5.41) is 6.06. The van der Waals surface area contributed by atoms with E-state index in [1.807, 2.05) is 13.8 Å². The normalized spacial score (nSPS) is 11.3. The van der Waals surface area contributed by atoms with Gasteiger partial charge >= 0.3 is 0 Å². The molecule has 0 aromatic carbocycles. The molecule has 0 saturated heterocycles. The highest BCUT2D eigenvalue weighted by atomic mass is 32.2. The number of pyridine rings is 1. The van der Waals surface area contributed by atoms with Crippen LogP contribution in [0, 0.1) is 0 Å². The van der Waals surface area contributed by atoms with Crippen molar-refractivity contribution in [2.75, 3.05) is 22.7 Å². The van der Waals surface area contributed by atoms with Gasteiger partial charge in [-0.15, -0.1) is 0 Å². The third kappa shape index (κ3) is 3.08. The fourth-order valence-electron chi connectivity index (χ4n) is 1.78. The van der Waals surface area contributed by atoms with Crippen LogP contribution in [0.5, 0.6) is 0 Å². The van der Waals surface area contributed by atoms with Crippen LogP contribution >= 0.6 is 0 Å². The molecule has 20 heavy (non-hydrogen) atoms. The molecule has 0 radical (unpaired) electrons. The first kappa shape index (κ1) is 14.3. The SMILES string of the molecule is CCN(CC)c1ccc(NS(=O)(=O)c2ccn[nH]2)cn1. The van der Waals surface area contributed by atoms with Crippen molar-refractivity contribution in [2.24, 2.45) is 0 Å². The topological polar surface area (TPSA) is 91.0 Å². The van der Waals surface area contributed by atoms with Crippen molar-refractivity contribution in [3.8, 4) is 0 Å². The van der Waals surface area contributed by atoms with Crippen molar-refractivity contribution in [2.45, 2.75) is 18.9 Å². The highest BCUT2D eigenvalue weighted by Gasteiger charge is 2.15. The van der Waals surface area contributed by atoms with Gasteiger partial charge in [0, 0.05) is 13.1 Å². The maximum Gasteiger partial charge on any atom is 0.278 e. The van der Waals surface area contributed by atoms with Crippen LogP contribution in [0.25, 0.3) is 0 Å². The van der Waals surface area contributed by atoms with Crippen LogP contribution in [-0.4, -0.2) is 36.7 Å². The molecule has 8 heteroatoms. The summed E-state index contributed by atoms with van der Waals surface area (Å²) < 4.78 is 26.4. The van der Waals surface area contributed by atoms with E-state index in [1.54, 1.807) is 12.1 Å². The number of H-pyrrole nitrogens is 1. The number of rotatable bonds is 6. The van der Waals surface area contributed by atoms with Gasteiger partial charge in [0.15, 0.2) is 5.03 Å². The van der Waals surface area contributed by atoms with E-state index in [0.717, 1.165) is 18.9 Å². The second-order valence-corrected chi connectivity index (χ2v) is 5.75. The molecule has 0 bridgehead atoms. The summed E-state index contributed by atoms with van der Waals surface area (Å²) in [6, 6.07) is 4.87. The summed E-state index contributed by atoms with van der Waals surface area (Å²) in [6.07, 6.45) is 2.89. The molecule has 2 heterocycles. The first-order chi connectivity index (χ1) is 9.56. The molecule has 0 fully saturated rings. The van der Waals surface area contributed by atoms with Crippen molar-refractivity contribution < 1.29 is 8.42 Å². The number of anilines is 2. The molecule has 0 aliphatic rings. The molecule has 2 aromatic heterocycles. The lowest BCUT2D eigenvalue weighted by atomic mass is 10.4. The van der Waals surface area contributed by atoms with Crippen molar-refractivity contribution in [1.29, 1.82) is 0 Å². The summed E-state index contributed by atoms with van der Waals surface area (Å²) in [5.74, 6) is 0.819. The minimum Gasteiger partial charge on any atom is -0.357 e. The third-order valence-corrected chi connectivity index (χ3v) is 4.16. The van der Waals surface area contributed by atoms with Crippen LogP contribution in [0.1, 0.15) is 13.8 Å². The Hall–Kier alpha value is -2.09. The van der Waals surface area contributed by atoms with E-state index < -0.39 is 10.0 Å². The summed E-state index contributed by atoms with van der Waals surface area (Å²) >= 11 is 0. The number of hydrogen-bond acceptors (Lipinski definition) is 5. The van der Waals surface area contributed by atoms with E-state index in [9.17, 15) is 8.42 Å². The molecule has 0 saturated carbocycles. The van der Waals surface area contributed by atoms with Crippen LogP contribution in [0.4, 0.5) is 11.5 Å². The standard InChI is InChI=1S/C12H17N5O2S/c1-3-17(4-2)11-6-5-10(9-13-11)16-20(18,19)12-7-8-14-15-12/h5-9,16H,3-4H2,1-2H3,(H,14,15). The van der Waals surface area contributed by atoms with Crippen LogP contribution in [0.3, 0.4) is 0 Å². The van der Waals surface area contributed by atoms with Gasteiger partial charge in [0.1, 0.15) is 5.82 Å². The lowest BCUT2D eigenvalue weighted by Crippen LogP contribution is -2.23. The molecule has 7 nitrogen and oxygen atoms in total. The number of sulfonamides is 1. The fourth-order valence-corrected chi connectivity index (χ4v) is 2.74. The van der Waals surface area contributed by atoms with Gasteiger partial charge in [-0.25, -0.2) is 4.98 Å². The zero-order valence-electron chi connectivity index (χ0n) is 11.4. The minimum absolute atomic E-state index is 0.0188. The van der Waals surface area contributed by atoms with Crippen LogP contribution in [-0.2, 0) is 10.0 Å². The smallest absolute Gasteiger partial charge is 0.278 e. The highest BCUT2D eigenvalue weighted by molar-refractivity contribution is 7.92. The monoisotopic (exact) mass is 295 g/mol. The Morgan fingerprint density at radius 3 is 2.50 bits per heavy atom. The summed E-state index contributed by atoms with van der Waals surface area (Å²) in [4.78, 5) is 6.34. The summed E-state index contributed by atoms with van der Waals surface area (Å²) in [6.45, 7) is 5.78. The Bertz CT molecular complexity index is 633. The third-order valence-electron chi connectivity index (χ3n) is 2.85. The van der Waals surface area contributed by atoms with Gasteiger partial charge in [-0.3, -0.25) is 9.82 Å². The number of hydrogen-bond donors (Lipinski definition) is 2. The Labute approximate surface area is 118 Å². The molecule has 0 unspecified atom stereocenters. The van der Waals surface area contributed by atoms with Crippen molar-refractivity contribution in [1.82, 2.24) is 15.2 Å². The number of aromatic nitrogens is 3. The first-order valence-corrected chi connectivity index (χ1v) is 7.78. The molecule has 108 valence electrons. The number of nitrogens with one attached hydrogen (secondary N) is 2. The van der Waals surface area contributed by atoms with E-state index in [1.165, 1.54) is 18.5 Å². The molecule has 0 aliphatic heterocycles. The quantitative estimate of drug-likeness (QED) is 0.841. The predicted octanol–water partition coefficient (Wildman–Crippen LogP) is 1.45. The molecule has 0 amide bonds. The molecule has 0 spiro atoms. The van der Waals surface area contributed by atoms with Gasteiger partial charge in [0.25, 0.3) is 10.0 Å². The Morgan fingerprint density at radius 1 is 1.25 bits per heavy atom. The lowest BCUT2D eigenvalue weighted by molar-refractivity contribution is 0.597. The summed E-state index contributed by atoms with van der Waals surface area (Å²) in [5.41, 5.74) is 0.413. The fraction of sp³-hybridized carbons (Fsp3) is 0.333. The van der Waals surface area contributed by atoms with E-state index in [4.69, 9.17) is 0 Å². The first-order valence-electron chi connectivity index (χ1n) is 6.30. The molecule has 2 rings (SSSR count). The molecule has 2 aromatic rings. The van der Waals surface area contributed by atoms with Gasteiger partial charge in [-0.05, 0) is 32.0 Å². The predicted molar refractivity (Wildman–Crippen MR) is 77.2 cm³/mol. The van der Waals surface area contributed by atoms with Crippen LogP contribution < -0.4 is 9.62 Å². The molecule has 0 atom stereocenters. The Kier molecular flexibility index (Phi) is 4.23. The minimum atomic E-state index is -3.64. The Morgan fingerprint density at radius 2 is 2.00 bits per heavy atom. The van der Waals surface area contributed by atoms with Crippen LogP contribution in [0.15, 0.2) is 35.6 Å². The van der Waals surface area contributed by atoms with E-state index >= 15 is 0 Å². The second kappa shape index (κ2) is 5.91. The zero-order valence-corrected chi connectivity index (χ0v) is 12.2. The largest absolute Gasteiger partial charge is 0.357 e. The average Bonchev–Trinajstić information content (AvgIpc) is 2.96. The van der Waals surface area contributed by atoms with E-state index in [0.29, 0.717) is 5.69 Å². The van der Waals surface area contributed by atoms with E-state index in [-0.39, 0.29) is 5.03 Å². The molecule has 0 aliphatic carbocycles. The van der Waals surface area contributed by atoms with Gasteiger partial charge in [0.2, 0.25) is 0 Å². The molecular weight excluding hydrogens is 278 g/mol. The Balaban J connectivity index is 2.15. The van der Waals surface area contributed by atoms with Crippen molar-refractivity contribution >= 4 is 21.5 Å². The molecule has 2 N–H and O–H groups in total. The summed E-state index contributed by atoms with van der Waals surface area (Å²) in [7, 11) is -3.64. The maximum atomic E-state index is 12.0. The number of nitrogens with zero attached hydrogens (tertiary/aromatic N) is 3. The zero-order chi connectivity index (χ0) is 14.6. The highest BCUT2D eigenvalue weighted by Crippen LogP contribution is 2.16.